The number of ether oxygens (including phenoxy) is 1. The molecule has 39 heavy (non-hydrogen) atoms. The summed E-state index contributed by atoms with van der Waals surface area (Å²) in [6.07, 6.45) is 4.13. The fourth-order valence-corrected chi connectivity index (χ4v) is 5.02. The molecule has 1 saturated heterocycles. The highest BCUT2D eigenvalue weighted by Crippen LogP contribution is 2.39. The van der Waals surface area contributed by atoms with Crippen LogP contribution in [0.25, 0.3) is 27.8 Å². The molecule has 1 amide bonds. The molecule has 1 saturated carbocycles. The van der Waals surface area contributed by atoms with Crippen LogP contribution >= 0.6 is 0 Å². The van der Waals surface area contributed by atoms with E-state index in [2.05, 4.69) is 10.1 Å². The van der Waals surface area contributed by atoms with Gasteiger partial charge in [0.15, 0.2) is 5.65 Å². The predicted octanol–water partition coefficient (Wildman–Crippen LogP) is 6.36. The lowest BCUT2D eigenvalue weighted by Gasteiger charge is -2.39. The number of benzene rings is 1. The number of alkyl halides is 3. The van der Waals surface area contributed by atoms with Crippen LogP contribution in [0.3, 0.4) is 0 Å². The Kier molecular flexibility index (Phi) is 5.92. The highest BCUT2D eigenvalue weighted by Gasteiger charge is 2.38. The third-order valence-corrected chi connectivity index (χ3v) is 7.32. The third-order valence-electron chi connectivity index (χ3n) is 7.32. The van der Waals surface area contributed by atoms with Crippen molar-refractivity contribution in [2.75, 3.05) is 13.1 Å². The van der Waals surface area contributed by atoms with Crippen molar-refractivity contribution in [1.29, 1.82) is 0 Å². The minimum Gasteiger partial charge on any atom is -0.444 e. The molecule has 0 atom stereocenters. The van der Waals surface area contributed by atoms with Crippen molar-refractivity contribution < 1.29 is 22.7 Å². The van der Waals surface area contributed by atoms with Crippen molar-refractivity contribution in [1.82, 2.24) is 29.4 Å². The molecule has 0 N–H and O–H groups in total. The van der Waals surface area contributed by atoms with Crippen molar-refractivity contribution in [3.8, 4) is 16.8 Å². The van der Waals surface area contributed by atoms with E-state index in [9.17, 15) is 18.0 Å². The first-order chi connectivity index (χ1) is 18.5. The number of pyridine rings is 1. The lowest BCUT2D eigenvalue weighted by molar-refractivity contribution is -0.137. The van der Waals surface area contributed by atoms with Gasteiger partial charge in [0.25, 0.3) is 0 Å². The van der Waals surface area contributed by atoms with E-state index in [4.69, 9.17) is 9.84 Å². The number of rotatable bonds is 4. The smallest absolute Gasteiger partial charge is 0.416 e. The van der Waals surface area contributed by atoms with Crippen LogP contribution in [0, 0.1) is 0 Å². The van der Waals surface area contributed by atoms with Crippen LogP contribution in [0.15, 0.2) is 48.9 Å². The van der Waals surface area contributed by atoms with E-state index in [1.165, 1.54) is 18.6 Å². The summed E-state index contributed by atoms with van der Waals surface area (Å²) in [5, 5.41) is 10.3. The number of fused-ring (bicyclic) bond motifs is 1. The molecule has 0 spiro atoms. The summed E-state index contributed by atoms with van der Waals surface area (Å²) in [7, 11) is 0. The SMILES string of the molecule is CC(C)(C)OC(=O)N1CC(c2nn(-c3ccc(C(F)(F)F)cc3)c3nccc(-c4cnn(C5CCC5)c4)c23)C1. The maximum absolute atomic E-state index is 13.2. The number of halogens is 3. The van der Waals surface area contributed by atoms with Crippen LogP contribution in [0.2, 0.25) is 0 Å². The molecule has 11 heteroatoms. The molecule has 0 bridgehead atoms. The van der Waals surface area contributed by atoms with Crippen molar-refractivity contribution in [3.05, 3.63) is 60.2 Å². The summed E-state index contributed by atoms with van der Waals surface area (Å²) < 4.78 is 48.7. The minimum absolute atomic E-state index is 0.0830. The van der Waals surface area contributed by atoms with E-state index in [0.29, 0.717) is 30.5 Å². The van der Waals surface area contributed by atoms with Gasteiger partial charge in [-0.05, 0) is 75.9 Å². The van der Waals surface area contributed by atoms with Crippen LogP contribution in [0.5, 0.6) is 0 Å². The number of aromatic nitrogens is 5. The number of hydrogen-bond donors (Lipinski definition) is 0. The van der Waals surface area contributed by atoms with E-state index in [1.807, 2.05) is 43.9 Å². The number of nitrogens with zero attached hydrogens (tertiary/aromatic N) is 6. The van der Waals surface area contributed by atoms with E-state index in [-0.39, 0.29) is 12.0 Å². The number of hydrogen-bond acceptors (Lipinski definition) is 5. The molecule has 4 heterocycles. The predicted molar refractivity (Wildman–Crippen MR) is 139 cm³/mol. The number of likely N-dealkylation sites (tertiary alicyclic amines) is 1. The lowest BCUT2D eigenvalue weighted by Crippen LogP contribution is -2.50. The molecule has 0 unspecified atom stereocenters. The average Bonchev–Trinajstić information content (AvgIpc) is 3.41. The standard InChI is InChI=1S/C28H29F3N6O2/c1-27(2,3)39-26(38)35-14-18(15-35)24-23-22(17-13-33-36(16-17)20-5-4-6-20)11-12-32-25(23)37(34-24)21-9-7-19(8-10-21)28(29,30)31/h7-13,16,18,20H,4-6,14-15H2,1-3H3. The molecule has 8 nitrogen and oxygen atoms in total. The fourth-order valence-electron chi connectivity index (χ4n) is 5.02. The van der Waals surface area contributed by atoms with Crippen molar-refractivity contribution in [2.24, 2.45) is 0 Å². The van der Waals surface area contributed by atoms with Gasteiger partial charge >= 0.3 is 12.3 Å². The zero-order valence-corrected chi connectivity index (χ0v) is 21.9. The molecule has 6 rings (SSSR count). The summed E-state index contributed by atoms with van der Waals surface area (Å²) in [6, 6.07) is 7.20. The number of amides is 1. The van der Waals surface area contributed by atoms with Gasteiger partial charge in [-0.3, -0.25) is 4.68 Å². The molecule has 0 radical (unpaired) electrons. The van der Waals surface area contributed by atoms with Gasteiger partial charge in [0.05, 0.1) is 34.6 Å². The molecule has 204 valence electrons. The van der Waals surface area contributed by atoms with Crippen molar-refractivity contribution >= 4 is 17.1 Å². The normalized spacial score (nSPS) is 16.8. The Hall–Kier alpha value is -3.89. The van der Waals surface area contributed by atoms with Gasteiger partial charge in [0.1, 0.15) is 5.60 Å². The van der Waals surface area contributed by atoms with Gasteiger partial charge in [-0.2, -0.15) is 23.4 Å². The highest BCUT2D eigenvalue weighted by atomic mass is 19.4. The topological polar surface area (TPSA) is 78.1 Å². The molecule has 1 aliphatic carbocycles. The van der Waals surface area contributed by atoms with Crippen LogP contribution < -0.4 is 0 Å². The second-order valence-corrected chi connectivity index (χ2v) is 11.3. The van der Waals surface area contributed by atoms with Gasteiger partial charge in [-0.15, -0.1) is 0 Å². The first-order valence-electron chi connectivity index (χ1n) is 13.1. The third kappa shape index (κ3) is 4.74. The summed E-state index contributed by atoms with van der Waals surface area (Å²) in [4.78, 5) is 18.8. The molecule has 2 fully saturated rings. The van der Waals surface area contributed by atoms with Gasteiger partial charge in [-0.1, -0.05) is 0 Å². The minimum atomic E-state index is -4.43. The Labute approximate surface area is 223 Å². The second-order valence-electron chi connectivity index (χ2n) is 11.3. The Bertz CT molecular complexity index is 1520. The van der Waals surface area contributed by atoms with Gasteiger partial charge in [0, 0.05) is 37.0 Å². The van der Waals surface area contributed by atoms with E-state index < -0.39 is 17.3 Å². The van der Waals surface area contributed by atoms with Crippen LogP contribution in [0.1, 0.15) is 63.3 Å². The Morgan fingerprint density at radius 3 is 2.38 bits per heavy atom. The first kappa shape index (κ1) is 25.4. The van der Waals surface area contributed by atoms with Gasteiger partial charge in [0.2, 0.25) is 0 Å². The van der Waals surface area contributed by atoms with Crippen molar-refractivity contribution in [3.63, 3.8) is 0 Å². The van der Waals surface area contributed by atoms with Crippen LogP contribution in [-0.4, -0.2) is 54.2 Å². The summed E-state index contributed by atoms with van der Waals surface area (Å²) in [5.41, 5.74) is 2.24. The molecular formula is C28H29F3N6O2. The number of carbonyl (C=O) groups is 1. The number of carbonyl (C=O) groups excluding carboxylic acids is 1. The summed E-state index contributed by atoms with van der Waals surface area (Å²) in [6.45, 7) is 6.31. The second kappa shape index (κ2) is 9.10. The van der Waals surface area contributed by atoms with Gasteiger partial charge < -0.3 is 9.64 Å². The van der Waals surface area contributed by atoms with Gasteiger partial charge in [-0.25, -0.2) is 14.5 Å². The zero-order chi connectivity index (χ0) is 27.5. The van der Waals surface area contributed by atoms with Crippen LogP contribution in [0.4, 0.5) is 18.0 Å². The Balaban J connectivity index is 1.41. The fraction of sp³-hybridized carbons (Fsp3) is 0.429. The Morgan fingerprint density at radius 1 is 1.05 bits per heavy atom. The average molecular weight is 539 g/mol. The summed E-state index contributed by atoms with van der Waals surface area (Å²) >= 11 is 0. The van der Waals surface area contributed by atoms with Crippen LogP contribution in [-0.2, 0) is 10.9 Å². The highest BCUT2D eigenvalue weighted by molar-refractivity contribution is 5.96. The zero-order valence-electron chi connectivity index (χ0n) is 21.9. The van der Waals surface area contributed by atoms with E-state index in [0.717, 1.165) is 47.2 Å². The first-order valence-corrected chi connectivity index (χ1v) is 13.1. The maximum Gasteiger partial charge on any atom is 0.416 e. The Morgan fingerprint density at radius 2 is 1.77 bits per heavy atom. The molecule has 4 aromatic rings. The molecular weight excluding hydrogens is 509 g/mol. The lowest BCUT2D eigenvalue weighted by atomic mass is 9.92. The quantitative estimate of drug-likeness (QED) is 0.302. The van der Waals surface area contributed by atoms with E-state index >= 15 is 0 Å². The molecule has 2 aliphatic rings. The van der Waals surface area contributed by atoms with Crippen molar-refractivity contribution in [2.45, 2.75) is 63.8 Å². The summed E-state index contributed by atoms with van der Waals surface area (Å²) in [5.74, 6) is -0.0830. The van der Waals surface area contributed by atoms with E-state index in [1.54, 1.807) is 15.8 Å². The largest absolute Gasteiger partial charge is 0.444 e. The molecule has 1 aliphatic heterocycles. The maximum atomic E-state index is 13.2. The molecule has 3 aromatic heterocycles. The monoisotopic (exact) mass is 538 g/mol. The molecule has 1 aromatic carbocycles.